The van der Waals surface area contributed by atoms with Crippen LogP contribution in [0.4, 0.5) is 11.4 Å². The lowest BCUT2D eigenvalue weighted by Gasteiger charge is -2.08. The smallest absolute Gasteiger partial charge is 0.337 e. The van der Waals surface area contributed by atoms with E-state index in [4.69, 9.17) is 0 Å². The van der Waals surface area contributed by atoms with Gasteiger partial charge in [0.25, 0.3) is 5.91 Å². The number of hydrogen-bond acceptors (Lipinski definition) is 9. The second kappa shape index (κ2) is 9.42. The molecule has 1 heterocycles. The highest BCUT2D eigenvalue weighted by molar-refractivity contribution is 8.17. The molecule has 1 atom stereocenters. The summed E-state index contributed by atoms with van der Waals surface area (Å²) in [6.45, 7) is 0. The molecule has 12 heteroatoms. The third-order valence-electron chi connectivity index (χ3n) is 3.94. The molecule has 5 N–H and O–H groups in total. The number of amides is 1. The predicted molar refractivity (Wildman–Crippen MR) is 114 cm³/mol. The number of nitrogens with one attached hydrogen (secondary N) is 3. The molecule has 1 saturated heterocycles. The minimum absolute atomic E-state index is 0.0209. The number of carbonyl (C=O) groups excluding carboxylic acids is 1. The number of benzene rings is 2. The van der Waals surface area contributed by atoms with Crippen LogP contribution in [0.2, 0.25) is 0 Å². The fourth-order valence-electron chi connectivity index (χ4n) is 2.48. The molecule has 0 aromatic heterocycles. The van der Waals surface area contributed by atoms with Gasteiger partial charge in [0.1, 0.15) is 11.4 Å². The fraction of sp³-hybridized carbons (Fsp3) is 0.0526. The van der Waals surface area contributed by atoms with Crippen molar-refractivity contribution in [1.82, 2.24) is 5.32 Å². The van der Waals surface area contributed by atoms with Crippen molar-refractivity contribution in [2.75, 3.05) is 10.9 Å². The number of aromatic carboxylic acids is 2. The minimum atomic E-state index is -1.16. The Bertz CT molecular complexity index is 1160. The van der Waals surface area contributed by atoms with Crippen LogP contribution in [0.1, 0.15) is 20.7 Å². The summed E-state index contributed by atoms with van der Waals surface area (Å²) in [5.74, 6) is -2.90. The summed E-state index contributed by atoms with van der Waals surface area (Å²) < 4.78 is 0. The van der Waals surface area contributed by atoms with Crippen molar-refractivity contribution in [3.05, 3.63) is 59.7 Å². The van der Waals surface area contributed by atoms with Crippen LogP contribution in [0.15, 0.2) is 58.7 Å². The number of anilines is 2. The minimum Gasteiger partial charge on any atom is -0.478 e. The van der Waals surface area contributed by atoms with E-state index in [-0.39, 0.29) is 33.3 Å². The van der Waals surface area contributed by atoms with E-state index in [0.29, 0.717) is 0 Å². The quantitative estimate of drug-likeness (QED) is 0.319. The third-order valence-corrected chi connectivity index (χ3v) is 5.02. The number of hydrazone groups is 2. The number of carboxylic acids is 2. The van der Waals surface area contributed by atoms with E-state index >= 15 is 0 Å². The second-order valence-electron chi connectivity index (χ2n) is 5.92. The van der Waals surface area contributed by atoms with Gasteiger partial charge in [-0.1, -0.05) is 36.0 Å². The lowest BCUT2D eigenvalue weighted by Crippen LogP contribution is -2.32. The second-order valence-corrected chi connectivity index (χ2v) is 7.02. The predicted octanol–water partition coefficient (Wildman–Crippen LogP) is 1.99. The molecule has 0 saturated carbocycles. The van der Waals surface area contributed by atoms with Crippen LogP contribution in [0.25, 0.3) is 0 Å². The van der Waals surface area contributed by atoms with Gasteiger partial charge in [0, 0.05) is 0 Å². The number of para-hydroxylation sites is 2. The first-order valence-corrected chi connectivity index (χ1v) is 9.48. The van der Waals surface area contributed by atoms with Gasteiger partial charge in [0.15, 0.2) is 10.8 Å². The van der Waals surface area contributed by atoms with Crippen LogP contribution in [0, 0.1) is 11.3 Å². The van der Waals surface area contributed by atoms with E-state index < -0.39 is 23.2 Å². The van der Waals surface area contributed by atoms with Crippen LogP contribution in [-0.2, 0) is 4.79 Å². The lowest BCUT2D eigenvalue weighted by atomic mass is 10.2. The Kier molecular flexibility index (Phi) is 6.48. The molecule has 0 spiro atoms. The molecule has 0 radical (unpaired) electrons. The molecular formula is C19H14N6O5S. The molecule has 2 aromatic rings. The van der Waals surface area contributed by atoms with Crippen molar-refractivity contribution >= 4 is 51.7 Å². The first kappa shape index (κ1) is 21.3. The molecule has 1 aliphatic rings. The Balaban J connectivity index is 1.75. The maximum Gasteiger partial charge on any atom is 0.337 e. The zero-order valence-corrected chi connectivity index (χ0v) is 16.4. The molecule has 0 aliphatic carbocycles. The van der Waals surface area contributed by atoms with E-state index in [1.54, 1.807) is 24.3 Å². The normalized spacial score (nSPS) is 17.0. The molecule has 3 rings (SSSR count). The van der Waals surface area contributed by atoms with E-state index in [9.17, 15) is 29.9 Å². The van der Waals surface area contributed by atoms with E-state index in [2.05, 4.69) is 26.4 Å². The molecule has 31 heavy (non-hydrogen) atoms. The molecule has 0 bridgehead atoms. The molecule has 11 nitrogen and oxygen atoms in total. The highest BCUT2D eigenvalue weighted by Crippen LogP contribution is 2.22. The van der Waals surface area contributed by atoms with Gasteiger partial charge >= 0.3 is 11.9 Å². The van der Waals surface area contributed by atoms with Crippen LogP contribution in [-0.4, -0.2) is 44.2 Å². The number of rotatable bonds is 7. The molecule has 2 aromatic carbocycles. The number of hydrogen-bond donors (Lipinski definition) is 5. The van der Waals surface area contributed by atoms with Crippen molar-refractivity contribution < 1.29 is 24.6 Å². The van der Waals surface area contributed by atoms with Crippen LogP contribution in [0.5, 0.6) is 0 Å². The van der Waals surface area contributed by atoms with Crippen LogP contribution >= 0.6 is 11.8 Å². The van der Waals surface area contributed by atoms with Crippen molar-refractivity contribution in [2.24, 2.45) is 10.2 Å². The summed E-state index contributed by atoms with van der Waals surface area (Å²) in [4.78, 5) is 34.7. The molecular weight excluding hydrogens is 424 g/mol. The fourth-order valence-corrected chi connectivity index (χ4v) is 3.36. The first-order chi connectivity index (χ1) is 14.9. The average molecular weight is 438 g/mol. The highest BCUT2D eigenvalue weighted by atomic mass is 32.2. The standard InChI is InChI=1S/C19H14N6O5S/c20-9-14(24-22-12-7-3-1-5-10(12)18(27)28)16-21-15(26)17(31-16)25-23-13-8-4-2-6-11(13)19(29)30/h1-8,16,22-23H,(H,21,26)(H,27,28)(H,29,30)/b24-14+,25-17+. The van der Waals surface area contributed by atoms with Crippen molar-refractivity contribution in [1.29, 1.82) is 5.26 Å². The number of carbonyl (C=O) groups is 3. The Morgan fingerprint density at radius 1 is 1.00 bits per heavy atom. The van der Waals surface area contributed by atoms with Crippen LogP contribution < -0.4 is 16.2 Å². The molecule has 1 aliphatic heterocycles. The Morgan fingerprint density at radius 3 is 2.10 bits per heavy atom. The van der Waals surface area contributed by atoms with Crippen molar-refractivity contribution in [3.63, 3.8) is 0 Å². The number of thioether (sulfide) groups is 1. The summed E-state index contributed by atoms with van der Waals surface area (Å²) >= 11 is 0.900. The van der Waals surface area contributed by atoms with Crippen molar-refractivity contribution in [3.8, 4) is 6.07 Å². The van der Waals surface area contributed by atoms with E-state index in [1.807, 2.05) is 6.07 Å². The number of carboxylic acid groups (broad SMARTS) is 2. The summed E-state index contributed by atoms with van der Waals surface area (Å²) in [5.41, 5.74) is 5.28. The van der Waals surface area contributed by atoms with E-state index in [0.717, 1.165) is 11.8 Å². The van der Waals surface area contributed by atoms with Crippen LogP contribution in [0.3, 0.4) is 0 Å². The zero-order chi connectivity index (χ0) is 22.4. The summed E-state index contributed by atoms with van der Waals surface area (Å²) in [6.07, 6.45) is 0. The van der Waals surface area contributed by atoms with Gasteiger partial charge in [0.2, 0.25) is 0 Å². The zero-order valence-electron chi connectivity index (χ0n) is 15.6. The number of nitriles is 1. The largest absolute Gasteiger partial charge is 0.478 e. The first-order valence-electron chi connectivity index (χ1n) is 8.60. The lowest BCUT2D eigenvalue weighted by molar-refractivity contribution is -0.114. The van der Waals surface area contributed by atoms with E-state index in [1.165, 1.54) is 24.3 Å². The topological polar surface area (TPSA) is 176 Å². The van der Waals surface area contributed by atoms with Gasteiger partial charge in [-0.25, -0.2) is 9.59 Å². The summed E-state index contributed by atoms with van der Waals surface area (Å²) in [6, 6.07) is 13.9. The molecule has 1 amide bonds. The summed E-state index contributed by atoms with van der Waals surface area (Å²) in [7, 11) is 0. The van der Waals surface area contributed by atoms with Crippen molar-refractivity contribution in [2.45, 2.75) is 5.37 Å². The maximum atomic E-state index is 12.2. The highest BCUT2D eigenvalue weighted by Gasteiger charge is 2.33. The van der Waals surface area contributed by atoms with Gasteiger partial charge in [0.05, 0.1) is 22.5 Å². The number of nitrogens with zero attached hydrogens (tertiary/aromatic N) is 3. The van der Waals surface area contributed by atoms with Gasteiger partial charge in [-0.15, -0.1) is 0 Å². The molecule has 1 unspecified atom stereocenters. The van der Waals surface area contributed by atoms with Gasteiger partial charge in [-0.05, 0) is 24.3 Å². The summed E-state index contributed by atoms with van der Waals surface area (Å²) in [5, 5.41) is 37.3. The molecule has 156 valence electrons. The SMILES string of the molecule is N#C/C(=N\Nc1ccccc1C(=O)O)C1NC(=O)/C(=N\Nc2ccccc2C(=O)O)S1. The Morgan fingerprint density at radius 2 is 1.55 bits per heavy atom. The van der Waals surface area contributed by atoms with Gasteiger partial charge < -0.3 is 15.5 Å². The molecule has 1 fully saturated rings. The monoisotopic (exact) mass is 438 g/mol. The maximum absolute atomic E-state index is 12.2. The Hall–Kier alpha value is -4.37. The average Bonchev–Trinajstić information content (AvgIpc) is 3.13. The van der Waals surface area contributed by atoms with Gasteiger partial charge in [-0.3, -0.25) is 15.6 Å². The third kappa shape index (κ3) is 4.98. The Labute approximate surface area is 179 Å². The van der Waals surface area contributed by atoms with Gasteiger partial charge in [-0.2, -0.15) is 15.5 Å².